The van der Waals surface area contributed by atoms with Crippen molar-refractivity contribution in [3.63, 3.8) is 0 Å². The molecule has 0 amide bonds. The fourth-order valence-electron chi connectivity index (χ4n) is 0.148. The van der Waals surface area contributed by atoms with Crippen molar-refractivity contribution in [2.45, 2.75) is 0 Å². The van der Waals surface area contributed by atoms with Gasteiger partial charge in [-0.15, -0.1) is 0 Å². The van der Waals surface area contributed by atoms with Crippen LogP contribution >= 0.6 is 67.7 Å². The molecule has 0 aliphatic rings. The number of rotatable bonds is 2. The molecule has 0 saturated carbocycles. The zero-order valence-electron chi connectivity index (χ0n) is 3.75. The summed E-state index contributed by atoms with van der Waals surface area (Å²) in [5.41, 5.74) is -3.15. The molecule has 0 heterocycles. The quantitative estimate of drug-likeness (QED) is 0.759. The molecule has 0 aromatic carbocycles. The third-order valence-electron chi connectivity index (χ3n) is 0.257. The van der Waals surface area contributed by atoms with Crippen LogP contribution in [-0.4, -0.2) is 0 Å². The Kier molecular flexibility index (Phi) is 4.49. The number of hydrogen-bond donors (Lipinski definition) is 1. The van der Waals surface area contributed by atoms with Crippen LogP contribution in [0.1, 0.15) is 0 Å². The Hall–Kier alpha value is 2.07. The third kappa shape index (κ3) is 10.1. The monoisotopic (exact) mass is 269 g/mol. The Bertz CT molecular complexity index is 132. The molecule has 0 radical (unpaired) electrons. The molecule has 58 valence electrons. The predicted octanol–water partition coefficient (Wildman–Crippen LogP) is 4.29. The van der Waals surface area contributed by atoms with E-state index in [1.165, 1.54) is 0 Å². The molecular formula is H2Cl5NOP2. The van der Waals surface area contributed by atoms with Crippen molar-refractivity contribution in [3.8, 4) is 0 Å². The standard InChI is InChI=1S/Cl5H2NOP2/c1-8(2,3)6-9(4,5)7/h8H,(H,6,7). The van der Waals surface area contributed by atoms with Crippen LogP contribution in [0, 0.1) is 0 Å². The molecule has 0 atom stereocenters. The summed E-state index contributed by atoms with van der Waals surface area (Å²) in [5, 5.41) is 0. The van der Waals surface area contributed by atoms with Crippen LogP contribution in [0.2, 0.25) is 0 Å². The van der Waals surface area contributed by atoms with E-state index < -0.39 is 11.5 Å². The molecule has 9 heteroatoms. The van der Waals surface area contributed by atoms with E-state index in [1.807, 2.05) is 4.86 Å². The molecule has 2 nitrogen and oxygen atoms in total. The molecule has 0 saturated heterocycles. The van der Waals surface area contributed by atoms with Crippen LogP contribution in [0.15, 0.2) is 0 Å². The molecule has 9 heavy (non-hydrogen) atoms. The van der Waals surface area contributed by atoms with E-state index in [4.69, 9.17) is 56.2 Å². The first-order valence-corrected chi connectivity index (χ1v) is 10.1. The van der Waals surface area contributed by atoms with Gasteiger partial charge in [-0.3, -0.25) is 0 Å². The average molecular weight is 271 g/mol. The molecule has 0 bridgehead atoms. The molecule has 0 spiro atoms. The van der Waals surface area contributed by atoms with E-state index in [9.17, 15) is 4.57 Å². The molecule has 0 fully saturated rings. The van der Waals surface area contributed by atoms with Crippen molar-refractivity contribution in [3.05, 3.63) is 0 Å². The summed E-state index contributed by atoms with van der Waals surface area (Å²) >= 11 is 25.7. The minimum absolute atomic E-state index is 1.98. The van der Waals surface area contributed by atoms with Crippen LogP contribution in [0.3, 0.4) is 0 Å². The second-order valence-electron chi connectivity index (χ2n) is 1.07. The summed E-state index contributed by atoms with van der Waals surface area (Å²) in [6.07, 6.45) is 0. The number of nitrogens with one attached hydrogen (secondary N) is 1. The van der Waals surface area contributed by atoms with E-state index in [0.717, 1.165) is 0 Å². The van der Waals surface area contributed by atoms with Gasteiger partial charge in [0.2, 0.25) is 0 Å². The maximum atomic E-state index is 10.4. The minimum atomic E-state index is -3.43. The van der Waals surface area contributed by atoms with Gasteiger partial charge in [0.15, 0.2) is 0 Å². The summed E-state index contributed by atoms with van der Waals surface area (Å²) in [7, 11) is 0. The zero-order chi connectivity index (χ0) is 7.71. The van der Waals surface area contributed by atoms with Crippen LogP contribution in [0.5, 0.6) is 0 Å². The van der Waals surface area contributed by atoms with Crippen molar-refractivity contribution in [1.29, 1.82) is 0 Å². The third-order valence-corrected chi connectivity index (χ3v) is 6.12. The van der Waals surface area contributed by atoms with E-state index in [1.54, 1.807) is 0 Å². The second-order valence-corrected chi connectivity index (χ2v) is 14.1. The Morgan fingerprint density at radius 1 is 1.22 bits per heavy atom. The first-order chi connectivity index (χ1) is 3.71. The van der Waals surface area contributed by atoms with Gasteiger partial charge in [-0.2, -0.15) is 0 Å². The summed E-state index contributed by atoms with van der Waals surface area (Å²) in [6.45, 7) is 0. The van der Waals surface area contributed by atoms with Gasteiger partial charge in [-0.25, -0.2) is 0 Å². The zero-order valence-corrected chi connectivity index (χ0v) is 9.42. The molecule has 1 N–H and O–H groups in total. The molecule has 0 aliphatic carbocycles. The molecule has 0 aromatic heterocycles. The number of halogens is 5. The van der Waals surface area contributed by atoms with E-state index in [-0.39, 0.29) is 0 Å². The van der Waals surface area contributed by atoms with Gasteiger partial charge in [-0.1, -0.05) is 0 Å². The molecule has 0 aliphatic heterocycles. The van der Waals surface area contributed by atoms with Crippen molar-refractivity contribution in [2.24, 2.45) is 0 Å². The molecule has 0 unspecified atom stereocenters. The molecular weight excluding hydrogens is 269 g/mol. The molecule has 0 rings (SSSR count). The fraction of sp³-hybridized carbons (Fsp3) is 0. The summed E-state index contributed by atoms with van der Waals surface area (Å²) in [4.78, 5) is 1.98. The van der Waals surface area contributed by atoms with E-state index in [2.05, 4.69) is 0 Å². The van der Waals surface area contributed by atoms with Crippen molar-refractivity contribution < 1.29 is 4.57 Å². The number of hydrogen-bond acceptors (Lipinski definition) is 1. The van der Waals surface area contributed by atoms with Gasteiger partial charge >= 0.3 is 77.1 Å². The maximum absolute atomic E-state index is 10.4. The SMILES string of the molecule is O=P(Cl)(Cl)N[PH](Cl)(Cl)Cl. The first kappa shape index (κ1) is 11.1. The van der Waals surface area contributed by atoms with Crippen molar-refractivity contribution >= 4 is 67.7 Å². The van der Waals surface area contributed by atoms with Gasteiger partial charge in [0, 0.05) is 0 Å². The second kappa shape index (κ2) is 3.65. The van der Waals surface area contributed by atoms with Gasteiger partial charge in [0.05, 0.1) is 0 Å². The van der Waals surface area contributed by atoms with Gasteiger partial charge in [-0.05, 0) is 0 Å². The van der Waals surface area contributed by atoms with Gasteiger partial charge < -0.3 is 0 Å². The summed E-state index contributed by atoms with van der Waals surface area (Å²) < 4.78 is 10.4. The molecule has 0 aromatic rings. The normalized spacial score (nSPS) is 15.7. The summed E-state index contributed by atoms with van der Waals surface area (Å²) in [6, 6.07) is 0. The summed E-state index contributed by atoms with van der Waals surface area (Å²) in [5.74, 6) is -3.43. The van der Waals surface area contributed by atoms with Crippen LogP contribution in [0.4, 0.5) is 0 Å². The Morgan fingerprint density at radius 2 is 1.56 bits per heavy atom. The van der Waals surface area contributed by atoms with Crippen LogP contribution in [-0.2, 0) is 4.57 Å². The van der Waals surface area contributed by atoms with Crippen LogP contribution in [0.25, 0.3) is 0 Å². The van der Waals surface area contributed by atoms with Crippen molar-refractivity contribution in [2.75, 3.05) is 0 Å². The van der Waals surface area contributed by atoms with E-state index >= 15 is 0 Å². The van der Waals surface area contributed by atoms with Crippen molar-refractivity contribution in [1.82, 2.24) is 4.86 Å². The Labute approximate surface area is 76.9 Å². The topological polar surface area (TPSA) is 29.1 Å². The Balaban J connectivity index is 3.90. The Morgan fingerprint density at radius 3 is 1.56 bits per heavy atom. The predicted molar refractivity (Wildman–Crippen MR) is 48.3 cm³/mol. The first-order valence-electron chi connectivity index (χ1n) is 1.56. The van der Waals surface area contributed by atoms with Gasteiger partial charge in [0.1, 0.15) is 0 Å². The van der Waals surface area contributed by atoms with E-state index in [0.29, 0.717) is 0 Å². The van der Waals surface area contributed by atoms with Crippen LogP contribution < -0.4 is 4.86 Å². The van der Waals surface area contributed by atoms with Gasteiger partial charge in [0.25, 0.3) is 0 Å². The average Bonchev–Trinajstić information content (AvgIpc) is 1.14. The fourth-order valence-corrected chi connectivity index (χ4v) is 9.16.